The molecule has 32 heavy (non-hydrogen) atoms. The van der Waals surface area contributed by atoms with E-state index in [0.29, 0.717) is 28.3 Å². The Morgan fingerprint density at radius 1 is 1.19 bits per heavy atom. The second kappa shape index (κ2) is 9.28. The molecule has 4 aromatic rings. The Kier molecular flexibility index (Phi) is 6.10. The van der Waals surface area contributed by atoms with E-state index in [-0.39, 0.29) is 18.1 Å². The van der Waals surface area contributed by atoms with Crippen LogP contribution in [0, 0.1) is 0 Å². The third kappa shape index (κ3) is 4.43. The summed E-state index contributed by atoms with van der Waals surface area (Å²) in [5.41, 5.74) is 3.60. The summed E-state index contributed by atoms with van der Waals surface area (Å²) < 4.78 is 6.72. The Balaban J connectivity index is 1.58. The number of aromatic amines is 1. The van der Waals surface area contributed by atoms with Gasteiger partial charge in [0.1, 0.15) is 5.75 Å². The van der Waals surface area contributed by atoms with Gasteiger partial charge in [-0.15, -0.1) is 0 Å². The molecule has 4 rings (SSSR count). The van der Waals surface area contributed by atoms with Crippen molar-refractivity contribution in [2.45, 2.75) is 6.61 Å². The number of nitrogens with zero attached hydrogens (tertiary/aromatic N) is 2. The molecule has 2 aromatic carbocycles. The smallest absolute Gasteiger partial charge is 0.330 e. The van der Waals surface area contributed by atoms with Crippen LogP contribution in [-0.2, 0) is 6.61 Å². The number of pyridine rings is 1. The molecule has 0 atom stereocenters. The van der Waals surface area contributed by atoms with Gasteiger partial charge in [-0.1, -0.05) is 30.3 Å². The number of aliphatic hydroxyl groups is 1. The number of aliphatic hydroxyl groups excluding tert-OH is 1. The van der Waals surface area contributed by atoms with Crippen molar-refractivity contribution in [3.63, 3.8) is 0 Å². The predicted molar refractivity (Wildman–Crippen MR) is 122 cm³/mol. The van der Waals surface area contributed by atoms with Gasteiger partial charge < -0.3 is 14.8 Å². The average Bonchev–Trinajstić information content (AvgIpc) is 3.24. The fourth-order valence-electron chi connectivity index (χ4n) is 3.33. The number of carbonyl (C=O) groups is 1. The summed E-state index contributed by atoms with van der Waals surface area (Å²) in [5, 5.41) is 9.33. The lowest BCUT2D eigenvalue weighted by atomic mass is 10.1. The number of imidazole rings is 1. The molecule has 2 heterocycles. The standard InChI is InChI=1S/C25H21N3O4/c1-32-24-12-17(7-9-20(24)16-29)8-10-23(30)18-4-2-6-21(13-18)28-15-22(27-25(28)31)19-5-3-11-26-14-19/h2-15,29H,16H2,1H3,(H,27,31)/b10-8+. The van der Waals surface area contributed by atoms with Gasteiger partial charge in [0.15, 0.2) is 5.78 Å². The molecule has 0 saturated carbocycles. The van der Waals surface area contributed by atoms with Gasteiger partial charge in [0.2, 0.25) is 0 Å². The number of ether oxygens (including phenoxy) is 1. The van der Waals surface area contributed by atoms with E-state index < -0.39 is 0 Å². The predicted octanol–water partition coefficient (Wildman–Crippen LogP) is 3.62. The molecule has 0 amide bonds. The van der Waals surface area contributed by atoms with Gasteiger partial charge in [0.25, 0.3) is 0 Å². The molecule has 2 aromatic heterocycles. The van der Waals surface area contributed by atoms with Crippen molar-refractivity contribution in [1.29, 1.82) is 0 Å². The Morgan fingerprint density at radius 2 is 2.06 bits per heavy atom. The van der Waals surface area contributed by atoms with Crippen LogP contribution in [0.3, 0.4) is 0 Å². The highest BCUT2D eigenvalue weighted by atomic mass is 16.5. The highest BCUT2D eigenvalue weighted by Crippen LogP contribution is 2.21. The summed E-state index contributed by atoms with van der Waals surface area (Å²) in [6.07, 6.45) is 8.17. The van der Waals surface area contributed by atoms with Gasteiger partial charge in [0, 0.05) is 35.3 Å². The number of rotatable bonds is 7. The fourth-order valence-corrected chi connectivity index (χ4v) is 3.33. The van der Waals surface area contributed by atoms with Crippen LogP contribution in [0.5, 0.6) is 5.75 Å². The summed E-state index contributed by atoms with van der Waals surface area (Å²) in [6, 6.07) is 15.8. The Bertz CT molecular complexity index is 1340. The lowest BCUT2D eigenvalue weighted by Gasteiger charge is -2.06. The van der Waals surface area contributed by atoms with E-state index in [9.17, 15) is 14.7 Å². The summed E-state index contributed by atoms with van der Waals surface area (Å²) >= 11 is 0. The van der Waals surface area contributed by atoms with Crippen LogP contribution in [0.1, 0.15) is 21.5 Å². The SMILES string of the molecule is COc1cc(/C=C/C(=O)c2cccc(-n3cc(-c4cccnc4)[nH]c3=O)c2)ccc1CO. The minimum Gasteiger partial charge on any atom is -0.496 e. The zero-order valence-corrected chi connectivity index (χ0v) is 17.4. The molecule has 160 valence electrons. The lowest BCUT2D eigenvalue weighted by molar-refractivity contribution is 0.104. The minimum atomic E-state index is -0.305. The molecular formula is C25H21N3O4. The number of hydrogen-bond acceptors (Lipinski definition) is 5. The van der Waals surface area contributed by atoms with Crippen molar-refractivity contribution in [2.24, 2.45) is 0 Å². The maximum Gasteiger partial charge on any atom is 0.330 e. The van der Waals surface area contributed by atoms with Gasteiger partial charge in [-0.2, -0.15) is 0 Å². The van der Waals surface area contributed by atoms with Crippen molar-refractivity contribution < 1.29 is 14.6 Å². The first-order valence-corrected chi connectivity index (χ1v) is 9.91. The average molecular weight is 427 g/mol. The molecule has 7 nitrogen and oxygen atoms in total. The third-order valence-electron chi connectivity index (χ3n) is 5.01. The van der Waals surface area contributed by atoms with Crippen LogP contribution in [0.25, 0.3) is 23.0 Å². The molecule has 0 unspecified atom stereocenters. The first-order valence-electron chi connectivity index (χ1n) is 9.91. The van der Waals surface area contributed by atoms with E-state index in [1.807, 2.05) is 6.07 Å². The van der Waals surface area contributed by atoms with Crippen molar-refractivity contribution in [3.8, 4) is 22.7 Å². The maximum atomic E-state index is 12.7. The van der Waals surface area contributed by atoms with E-state index in [1.54, 1.807) is 73.2 Å². The normalized spacial score (nSPS) is 11.1. The quantitative estimate of drug-likeness (QED) is 0.347. The summed E-state index contributed by atoms with van der Waals surface area (Å²) in [4.78, 5) is 32.1. The van der Waals surface area contributed by atoms with Crippen LogP contribution in [0.2, 0.25) is 0 Å². The Hall–Kier alpha value is -4.23. The number of carbonyl (C=O) groups excluding carboxylic acids is 1. The lowest BCUT2D eigenvalue weighted by Crippen LogP contribution is -2.14. The van der Waals surface area contributed by atoms with Gasteiger partial charge >= 0.3 is 5.69 Å². The number of nitrogens with one attached hydrogen (secondary N) is 1. The second-order valence-electron chi connectivity index (χ2n) is 7.06. The number of hydrogen-bond donors (Lipinski definition) is 2. The van der Waals surface area contributed by atoms with Crippen LogP contribution in [0.4, 0.5) is 0 Å². The van der Waals surface area contributed by atoms with Gasteiger partial charge in [-0.05, 0) is 42.0 Å². The highest BCUT2D eigenvalue weighted by molar-refractivity contribution is 6.07. The van der Waals surface area contributed by atoms with Crippen molar-refractivity contribution >= 4 is 11.9 Å². The molecule has 0 bridgehead atoms. The number of methoxy groups -OCH3 is 1. The fraction of sp³-hybridized carbons (Fsp3) is 0.0800. The summed E-state index contributed by atoms with van der Waals surface area (Å²) in [7, 11) is 1.53. The number of aromatic nitrogens is 3. The third-order valence-corrected chi connectivity index (χ3v) is 5.01. The van der Waals surface area contributed by atoms with Crippen LogP contribution >= 0.6 is 0 Å². The van der Waals surface area contributed by atoms with Crippen LogP contribution in [-0.4, -0.2) is 32.5 Å². The molecule has 0 aliphatic rings. The molecule has 0 aliphatic carbocycles. The molecule has 0 aliphatic heterocycles. The van der Waals surface area contributed by atoms with Crippen LogP contribution in [0.15, 0.2) is 84.1 Å². The minimum absolute atomic E-state index is 0.125. The molecule has 0 saturated heterocycles. The molecule has 0 fully saturated rings. The first kappa shape index (κ1) is 21.0. The summed E-state index contributed by atoms with van der Waals surface area (Å²) in [5.74, 6) is 0.355. The van der Waals surface area contributed by atoms with Gasteiger partial charge in [-0.3, -0.25) is 14.3 Å². The van der Waals surface area contributed by atoms with E-state index in [4.69, 9.17) is 4.74 Å². The van der Waals surface area contributed by atoms with E-state index >= 15 is 0 Å². The Labute approximate surface area is 184 Å². The first-order chi connectivity index (χ1) is 15.6. The number of allylic oxidation sites excluding steroid dienone is 1. The number of benzene rings is 2. The van der Waals surface area contributed by atoms with Crippen molar-refractivity contribution in [3.05, 3.63) is 106 Å². The van der Waals surface area contributed by atoms with Crippen molar-refractivity contribution in [2.75, 3.05) is 7.11 Å². The second-order valence-corrected chi connectivity index (χ2v) is 7.06. The van der Waals surface area contributed by atoms with Crippen molar-refractivity contribution in [1.82, 2.24) is 14.5 Å². The van der Waals surface area contributed by atoms with E-state index in [2.05, 4.69) is 9.97 Å². The van der Waals surface area contributed by atoms with Gasteiger partial charge in [0.05, 0.1) is 25.1 Å². The molecule has 0 radical (unpaired) electrons. The molecule has 2 N–H and O–H groups in total. The Morgan fingerprint density at radius 3 is 2.81 bits per heavy atom. The highest BCUT2D eigenvalue weighted by Gasteiger charge is 2.10. The summed E-state index contributed by atoms with van der Waals surface area (Å²) in [6.45, 7) is -0.125. The topological polar surface area (TPSA) is 97.2 Å². The number of ketones is 1. The number of H-pyrrole nitrogens is 1. The molecule has 7 heteroatoms. The molecule has 0 spiro atoms. The van der Waals surface area contributed by atoms with E-state index in [0.717, 1.165) is 11.1 Å². The largest absolute Gasteiger partial charge is 0.496 e. The maximum absolute atomic E-state index is 12.7. The van der Waals surface area contributed by atoms with E-state index in [1.165, 1.54) is 17.8 Å². The monoisotopic (exact) mass is 427 g/mol. The van der Waals surface area contributed by atoms with Gasteiger partial charge in [-0.25, -0.2) is 4.79 Å². The van der Waals surface area contributed by atoms with Crippen LogP contribution < -0.4 is 10.4 Å². The molecular weight excluding hydrogens is 406 g/mol. The zero-order valence-electron chi connectivity index (χ0n) is 17.4. The zero-order chi connectivity index (χ0) is 22.5.